The number of nitrogens with zero attached hydrogens (tertiary/aromatic N) is 2. The van der Waals surface area contributed by atoms with Crippen LogP contribution in [0.3, 0.4) is 0 Å². The van der Waals surface area contributed by atoms with Gasteiger partial charge in [0.25, 0.3) is 5.91 Å². The van der Waals surface area contributed by atoms with Crippen LogP contribution in [-0.4, -0.2) is 28.3 Å². The minimum absolute atomic E-state index is 0.134. The molecule has 5 nitrogen and oxygen atoms in total. The molecule has 0 saturated carbocycles. The Bertz CT molecular complexity index is 612. The number of aromatic nitrogens is 2. The topological polar surface area (TPSA) is 56.2 Å². The van der Waals surface area contributed by atoms with Gasteiger partial charge in [0.2, 0.25) is 0 Å². The first kappa shape index (κ1) is 15.4. The second-order valence-corrected chi connectivity index (χ2v) is 5.10. The molecular weight excluding hydrogens is 290 g/mol. The number of carbonyl (C=O) groups excluding carboxylic acids is 1. The summed E-state index contributed by atoms with van der Waals surface area (Å²) < 4.78 is 7.41. The van der Waals surface area contributed by atoms with Gasteiger partial charge in [-0.2, -0.15) is 5.10 Å². The van der Waals surface area contributed by atoms with Crippen LogP contribution >= 0.6 is 11.6 Å². The number of aryl methyl sites for hydroxylation is 1. The minimum Gasteiger partial charge on any atom is -0.487 e. The maximum Gasteiger partial charge on any atom is 0.254 e. The van der Waals surface area contributed by atoms with E-state index in [4.69, 9.17) is 16.3 Å². The third kappa shape index (κ3) is 4.23. The molecule has 0 aliphatic carbocycles. The molecule has 0 aliphatic rings. The summed E-state index contributed by atoms with van der Waals surface area (Å²) in [5, 5.41) is 7.38. The van der Waals surface area contributed by atoms with Gasteiger partial charge in [-0.25, -0.2) is 0 Å². The van der Waals surface area contributed by atoms with Crippen LogP contribution in [0.2, 0.25) is 5.02 Å². The number of amides is 1. The van der Waals surface area contributed by atoms with E-state index in [2.05, 4.69) is 10.4 Å². The molecular formula is C15H18ClN3O2. The molecule has 1 atom stereocenters. The van der Waals surface area contributed by atoms with E-state index in [0.717, 1.165) is 6.42 Å². The number of hydrogen-bond acceptors (Lipinski definition) is 3. The maximum atomic E-state index is 12.0. The van der Waals surface area contributed by atoms with E-state index in [-0.39, 0.29) is 12.0 Å². The quantitative estimate of drug-likeness (QED) is 0.892. The van der Waals surface area contributed by atoms with Gasteiger partial charge >= 0.3 is 0 Å². The number of para-hydroxylation sites is 1. The smallest absolute Gasteiger partial charge is 0.254 e. The maximum absolute atomic E-state index is 12.0. The number of ether oxygens (including phenoxy) is 1. The molecule has 112 valence electrons. The Morgan fingerprint density at radius 1 is 1.48 bits per heavy atom. The summed E-state index contributed by atoms with van der Waals surface area (Å²) in [6, 6.07) is 7.30. The molecule has 1 aromatic heterocycles. The molecule has 0 spiro atoms. The van der Waals surface area contributed by atoms with Gasteiger partial charge in [-0.1, -0.05) is 30.7 Å². The van der Waals surface area contributed by atoms with Crippen molar-refractivity contribution < 1.29 is 9.53 Å². The van der Waals surface area contributed by atoms with Gasteiger partial charge in [0.1, 0.15) is 11.9 Å². The van der Waals surface area contributed by atoms with Crippen LogP contribution in [0.4, 0.5) is 0 Å². The molecule has 6 heteroatoms. The zero-order valence-electron chi connectivity index (χ0n) is 12.0. The van der Waals surface area contributed by atoms with Gasteiger partial charge in [-0.3, -0.25) is 9.48 Å². The molecule has 0 saturated heterocycles. The number of halogens is 1. The number of carbonyl (C=O) groups is 1. The molecule has 1 N–H and O–H groups in total. The Kier molecular flexibility index (Phi) is 5.22. The standard InChI is InChI=1S/C15H18ClN3O2/c1-3-12(21-14-7-5-4-6-13(14)16)9-17-15(20)11-8-18-19(2)10-11/h4-8,10,12H,3,9H2,1-2H3,(H,17,20)/t12-/m1/s1. The molecule has 2 aromatic rings. The van der Waals surface area contributed by atoms with Gasteiger partial charge < -0.3 is 10.1 Å². The van der Waals surface area contributed by atoms with Crippen molar-refractivity contribution in [2.75, 3.05) is 6.54 Å². The molecule has 0 unspecified atom stereocenters. The monoisotopic (exact) mass is 307 g/mol. The Morgan fingerprint density at radius 3 is 2.86 bits per heavy atom. The van der Waals surface area contributed by atoms with E-state index in [1.165, 1.54) is 6.20 Å². The Hall–Kier alpha value is -2.01. The third-order valence-corrected chi connectivity index (χ3v) is 3.36. The summed E-state index contributed by atoms with van der Waals surface area (Å²) in [7, 11) is 1.77. The number of rotatable bonds is 6. The van der Waals surface area contributed by atoms with Gasteiger partial charge in [-0.05, 0) is 18.6 Å². The lowest BCUT2D eigenvalue weighted by molar-refractivity contribution is 0.0926. The van der Waals surface area contributed by atoms with Crippen LogP contribution in [0.15, 0.2) is 36.7 Å². The van der Waals surface area contributed by atoms with Crippen molar-refractivity contribution in [3.8, 4) is 5.75 Å². The van der Waals surface area contributed by atoms with Gasteiger partial charge in [0, 0.05) is 13.2 Å². The van der Waals surface area contributed by atoms with Crippen LogP contribution in [0.25, 0.3) is 0 Å². The van der Waals surface area contributed by atoms with Crippen LogP contribution in [0, 0.1) is 0 Å². The number of hydrogen-bond donors (Lipinski definition) is 1. The van der Waals surface area contributed by atoms with E-state index in [1.807, 2.05) is 25.1 Å². The predicted octanol–water partition coefficient (Wildman–Crippen LogP) is 2.66. The average molecular weight is 308 g/mol. The number of nitrogens with one attached hydrogen (secondary N) is 1. The van der Waals surface area contributed by atoms with E-state index in [9.17, 15) is 4.79 Å². The SMILES string of the molecule is CC[C@H](CNC(=O)c1cnn(C)c1)Oc1ccccc1Cl. The average Bonchev–Trinajstić information content (AvgIpc) is 2.91. The van der Waals surface area contributed by atoms with Crippen LogP contribution < -0.4 is 10.1 Å². The Labute approximate surface area is 128 Å². The van der Waals surface area contributed by atoms with Crippen molar-refractivity contribution >= 4 is 17.5 Å². The predicted molar refractivity (Wildman–Crippen MR) is 81.7 cm³/mol. The summed E-state index contributed by atoms with van der Waals surface area (Å²) in [6.45, 7) is 2.41. The Balaban J connectivity index is 1.91. The van der Waals surface area contributed by atoms with Crippen LogP contribution in [0.1, 0.15) is 23.7 Å². The summed E-state index contributed by atoms with van der Waals surface area (Å²) in [4.78, 5) is 12.0. The van der Waals surface area contributed by atoms with Gasteiger partial charge in [-0.15, -0.1) is 0 Å². The molecule has 1 heterocycles. The molecule has 1 amide bonds. The van der Waals surface area contributed by atoms with Crippen LogP contribution in [-0.2, 0) is 7.05 Å². The van der Waals surface area contributed by atoms with Crippen molar-refractivity contribution in [3.63, 3.8) is 0 Å². The second kappa shape index (κ2) is 7.13. The van der Waals surface area contributed by atoms with E-state index >= 15 is 0 Å². The van der Waals surface area contributed by atoms with E-state index in [0.29, 0.717) is 22.9 Å². The zero-order valence-corrected chi connectivity index (χ0v) is 12.8. The Morgan fingerprint density at radius 2 is 2.24 bits per heavy atom. The fraction of sp³-hybridized carbons (Fsp3) is 0.333. The van der Waals surface area contributed by atoms with Crippen molar-refractivity contribution in [1.82, 2.24) is 15.1 Å². The van der Waals surface area contributed by atoms with Crippen molar-refractivity contribution in [2.24, 2.45) is 7.05 Å². The normalized spacial score (nSPS) is 12.0. The second-order valence-electron chi connectivity index (χ2n) is 4.69. The highest BCUT2D eigenvalue weighted by molar-refractivity contribution is 6.32. The van der Waals surface area contributed by atoms with Crippen LogP contribution in [0.5, 0.6) is 5.75 Å². The minimum atomic E-state index is -0.163. The zero-order chi connectivity index (χ0) is 15.2. The summed E-state index contributed by atoms with van der Waals surface area (Å²) in [5.41, 5.74) is 0.532. The fourth-order valence-electron chi connectivity index (χ4n) is 1.84. The molecule has 1 aromatic carbocycles. The molecule has 21 heavy (non-hydrogen) atoms. The molecule has 0 radical (unpaired) electrons. The first-order valence-corrected chi connectivity index (χ1v) is 7.16. The molecule has 0 aliphatic heterocycles. The summed E-state index contributed by atoms with van der Waals surface area (Å²) in [6.07, 6.45) is 3.83. The molecule has 0 fully saturated rings. The van der Waals surface area contributed by atoms with E-state index < -0.39 is 0 Å². The van der Waals surface area contributed by atoms with Crippen molar-refractivity contribution in [3.05, 3.63) is 47.2 Å². The molecule has 2 rings (SSSR count). The highest BCUT2D eigenvalue weighted by Gasteiger charge is 2.13. The van der Waals surface area contributed by atoms with E-state index in [1.54, 1.807) is 24.0 Å². The lowest BCUT2D eigenvalue weighted by atomic mass is 10.2. The third-order valence-electron chi connectivity index (χ3n) is 3.04. The molecule has 0 bridgehead atoms. The van der Waals surface area contributed by atoms with Crippen molar-refractivity contribution in [2.45, 2.75) is 19.4 Å². The fourth-order valence-corrected chi connectivity index (χ4v) is 2.02. The first-order chi connectivity index (χ1) is 10.1. The lowest BCUT2D eigenvalue weighted by Gasteiger charge is -2.18. The van der Waals surface area contributed by atoms with Gasteiger partial charge in [0.05, 0.1) is 23.3 Å². The highest BCUT2D eigenvalue weighted by atomic mass is 35.5. The lowest BCUT2D eigenvalue weighted by Crippen LogP contribution is -2.34. The largest absolute Gasteiger partial charge is 0.487 e. The summed E-state index contributed by atoms with van der Waals surface area (Å²) >= 11 is 6.06. The van der Waals surface area contributed by atoms with Crippen molar-refractivity contribution in [1.29, 1.82) is 0 Å². The number of benzene rings is 1. The highest BCUT2D eigenvalue weighted by Crippen LogP contribution is 2.24. The van der Waals surface area contributed by atoms with Gasteiger partial charge in [0.15, 0.2) is 0 Å². The summed E-state index contributed by atoms with van der Waals surface area (Å²) in [5.74, 6) is 0.464. The first-order valence-electron chi connectivity index (χ1n) is 6.78.